The molecular weight excluding hydrogens is 659 g/mol. The number of urea groups is 1. The van der Waals surface area contributed by atoms with E-state index in [9.17, 15) is 32.4 Å². The number of hydrogen-bond acceptors (Lipinski definition) is 7. The largest absolute Gasteiger partial charge is 0.346 e. The third-order valence-electron chi connectivity index (χ3n) is 11.1. The number of piperidine rings is 1. The van der Waals surface area contributed by atoms with Crippen LogP contribution in [-0.2, 0) is 29.2 Å². The highest BCUT2D eigenvalue weighted by molar-refractivity contribution is 7.89. The van der Waals surface area contributed by atoms with E-state index < -0.39 is 74.1 Å². The lowest BCUT2D eigenvalue weighted by atomic mass is 9.84. The molecule has 1 unspecified atom stereocenters. The number of carbonyl (C=O) groups is 5. The van der Waals surface area contributed by atoms with Crippen molar-refractivity contribution in [1.82, 2.24) is 25.2 Å². The molecular formula is C37H63N5O7S. The van der Waals surface area contributed by atoms with E-state index in [1.165, 1.54) is 17.4 Å². The Bertz CT molecular complexity index is 1450. The Balaban J connectivity index is 1.84. The van der Waals surface area contributed by atoms with Crippen molar-refractivity contribution in [3.8, 4) is 0 Å². The number of ketones is 2. The molecule has 3 fully saturated rings. The van der Waals surface area contributed by atoms with E-state index in [2.05, 4.69) is 36.4 Å². The van der Waals surface area contributed by atoms with Crippen LogP contribution in [0.3, 0.4) is 0 Å². The SMILES string of the molecule is C=CCNC(=O)C(=O)C(CC(=O)[C@@H]1[C@@H]2[C@H](CN1C(=O)[C@@H](NC(=O)N[C@H](CS(=O)(=O)N(C)C(C)(C)C)C(C)(C)C)C(C)(C)C)C2(C)C)CC1CC1. The van der Waals surface area contributed by atoms with Crippen molar-refractivity contribution in [3.05, 3.63) is 12.7 Å². The van der Waals surface area contributed by atoms with Gasteiger partial charge in [0.25, 0.3) is 5.91 Å². The van der Waals surface area contributed by atoms with Crippen molar-refractivity contribution < 1.29 is 32.4 Å². The van der Waals surface area contributed by atoms with Crippen molar-refractivity contribution in [3.63, 3.8) is 0 Å². The number of sulfonamides is 1. The van der Waals surface area contributed by atoms with Gasteiger partial charge in [0, 0.05) is 38.0 Å². The first-order valence-electron chi connectivity index (χ1n) is 17.9. The second-order valence-corrected chi connectivity index (χ2v) is 20.6. The van der Waals surface area contributed by atoms with Gasteiger partial charge in [-0.2, -0.15) is 4.31 Å². The minimum Gasteiger partial charge on any atom is -0.346 e. The molecule has 1 saturated heterocycles. The van der Waals surface area contributed by atoms with Gasteiger partial charge in [-0.1, -0.05) is 74.3 Å². The van der Waals surface area contributed by atoms with Crippen molar-refractivity contribution in [2.45, 2.75) is 126 Å². The maximum absolute atomic E-state index is 14.5. The maximum atomic E-state index is 14.5. The van der Waals surface area contributed by atoms with Crippen molar-refractivity contribution in [2.75, 3.05) is 25.9 Å². The Morgan fingerprint density at radius 3 is 2.02 bits per heavy atom. The van der Waals surface area contributed by atoms with E-state index in [1.54, 1.807) is 25.7 Å². The Kier molecular flexibility index (Phi) is 12.2. The molecule has 6 atom stereocenters. The average molecular weight is 722 g/mol. The predicted molar refractivity (Wildman–Crippen MR) is 194 cm³/mol. The lowest BCUT2D eigenvalue weighted by Crippen LogP contribution is -2.61. The fraction of sp³-hybridized carbons (Fsp3) is 0.811. The monoisotopic (exact) mass is 721 g/mol. The van der Waals surface area contributed by atoms with Crippen LogP contribution < -0.4 is 16.0 Å². The molecule has 1 heterocycles. The second-order valence-electron chi connectivity index (χ2n) is 18.6. The van der Waals surface area contributed by atoms with Gasteiger partial charge in [-0.3, -0.25) is 19.2 Å². The molecule has 0 aromatic carbocycles. The van der Waals surface area contributed by atoms with Crippen LogP contribution in [0.2, 0.25) is 0 Å². The number of amides is 4. The van der Waals surface area contributed by atoms with Crippen LogP contribution in [0, 0.1) is 39.9 Å². The summed E-state index contributed by atoms with van der Waals surface area (Å²) in [5.41, 5.74) is -2.24. The van der Waals surface area contributed by atoms with E-state index in [0.717, 1.165) is 12.8 Å². The summed E-state index contributed by atoms with van der Waals surface area (Å²) in [7, 11) is -2.25. The van der Waals surface area contributed by atoms with Gasteiger partial charge in [0.1, 0.15) is 6.04 Å². The number of fused-ring (bicyclic) bond motifs is 1. The minimum atomic E-state index is -3.77. The Morgan fingerprint density at radius 1 is 0.960 bits per heavy atom. The van der Waals surface area contributed by atoms with Gasteiger partial charge in [-0.15, -0.1) is 6.58 Å². The summed E-state index contributed by atoms with van der Waals surface area (Å²) in [5.74, 6) is -2.84. The van der Waals surface area contributed by atoms with Gasteiger partial charge in [-0.05, 0) is 61.2 Å². The van der Waals surface area contributed by atoms with Crippen molar-refractivity contribution >= 4 is 39.4 Å². The fourth-order valence-corrected chi connectivity index (χ4v) is 9.18. The predicted octanol–water partition coefficient (Wildman–Crippen LogP) is 3.90. The molecule has 0 aromatic heterocycles. The number of likely N-dealkylation sites (tertiary alicyclic amines) is 1. The van der Waals surface area contributed by atoms with Gasteiger partial charge < -0.3 is 20.9 Å². The zero-order valence-electron chi connectivity index (χ0n) is 32.4. The van der Waals surface area contributed by atoms with E-state index >= 15 is 0 Å². The molecule has 0 spiro atoms. The van der Waals surface area contributed by atoms with E-state index in [4.69, 9.17) is 0 Å². The number of nitrogens with zero attached hydrogens (tertiary/aromatic N) is 2. The van der Waals surface area contributed by atoms with Crippen LogP contribution in [-0.4, -0.2) is 96.6 Å². The van der Waals surface area contributed by atoms with Gasteiger partial charge in [0.05, 0.1) is 17.8 Å². The van der Waals surface area contributed by atoms with E-state index in [1.807, 2.05) is 41.5 Å². The number of carbonyl (C=O) groups excluding carboxylic acids is 5. The molecule has 50 heavy (non-hydrogen) atoms. The normalized spacial score (nSPS) is 23.7. The Hall–Kier alpha value is -2.80. The first-order chi connectivity index (χ1) is 22.6. The lowest BCUT2D eigenvalue weighted by Gasteiger charge is -2.39. The molecule has 0 bridgehead atoms. The van der Waals surface area contributed by atoms with Crippen LogP contribution in [0.1, 0.15) is 102 Å². The molecule has 284 valence electrons. The smallest absolute Gasteiger partial charge is 0.315 e. The average Bonchev–Trinajstić information content (AvgIpc) is 3.82. The maximum Gasteiger partial charge on any atom is 0.315 e. The van der Waals surface area contributed by atoms with Crippen LogP contribution in [0.15, 0.2) is 12.7 Å². The number of hydrogen-bond donors (Lipinski definition) is 3. The molecule has 4 amide bonds. The topological polar surface area (TPSA) is 162 Å². The molecule has 12 nitrogen and oxygen atoms in total. The number of nitrogens with one attached hydrogen (secondary N) is 3. The van der Waals surface area contributed by atoms with E-state index in [0.29, 0.717) is 18.9 Å². The summed E-state index contributed by atoms with van der Waals surface area (Å²) < 4.78 is 28.0. The second kappa shape index (κ2) is 14.7. The fourth-order valence-electron chi connectivity index (χ4n) is 7.12. The first kappa shape index (κ1) is 41.6. The molecule has 0 radical (unpaired) electrons. The lowest BCUT2D eigenvalue weighted by molar-refractivity contribution is -0.145. The third-order valence-corrected chi connectivity index (χ3v) is 13.2. The van der Waals surface area contributed by atoms with Crippen LogP contribution in [0.25, 0.3) is 0 Å². The standard InChI is InChI=1S/C37H63N5O7S/c1-14-17-38-31(45)29(44)23(18-22-15-16-22)19-25(43)28-27-24(37(27,11)12)20-42(28)32(46)30(35(5,6)7)40-33(47)39-26(34(2,3)4)21-50(48,49)41(13)36(8,9)10/h14,22-24,26-28,30H,1,15-21H2,2-13H3,(H,38,45)(H2,39,40,47)/t23?,24-,26+,27-,28+,30+/m0/s1. The molecule has 2 saturated carbocycles. The number of Topliss-reactive ketones (excluding diaryl/α,β-unsaturated/α-hetero) is 2. The molecule has 2 aliphatic carbocycles. The van der Waals surface area contributed by atoms with Crippen molar-refractivity contribution in [2.24, 2.45) is 39.9 Å². The van der Waals surface area contributed by atoms with Gasteiger partial charge in [0.2, 0.25) is 21.7 Å². The molecule has 1 aliphatic heterocycles. The third kappa shape index (κ3) is 9.74. The molecule has 13 heteroatoms. The quantitative estimate of drug-likeness (QED) is 0.171. The molecule has 3 N–H and O–H groups in total. The zero-order chi connectivity index (χ0) is 38.4. The summed E-state index contributed by atoms with van der Waals surface area (Å²) in [5, 5.41) is 8.23. The van der Waals surface area contributed by atoms with Gasteiger partial charge in [-0.25, -0.2) is 13.2 Å². The summed E-state index contributed by atoms with van der Waals surface area (Å²) >= 11 is 0. The minimum absolute atomic E-state index is 0.0820. The Morgan fingerprint density at radius 2 is 1.54 bits per heavy atom. The summed E-state index contributed by atoms with van der Waals surface area (Å²) in [6.45, 7) is 24.6. The molecule has 3 rings (SSSR count). The summed E-state index contributed by atoms with van der Waals surface area (Å²) in [6, 6.07) is -3.29. The highest BCUT2D eigenvalue weighted by Crippen LogP contribution is 2.65. The van der Waals surface area contributed by atoms with Crippen molar-refractivity contribution in [1.29, 1.82) is 0 Å². The Labute approximate surface area is 300 Å². The molecule has 3 aliphatic rings. The van der Waals surface area contributed by atoms with Crippen LogP contribution >= 0.6 is 0 Å². The zero-order valence-corrected chi connectivity index (χ0v) is 33.3. The highest BCUT2D eigenvalue weighted by atomic mass is 32.2. The first-order valence-corrected chi connectivity index (χ1v) is 19.5. The van der Waals surface area contributed by atoms with Gasteiger partial charge in [0.15, 0.2) is 5.78 Å². The molecule has 0 aromatic rings. The van der Waals surface area contributed by atoms with Crippen LogP contribution in [0.5, 0.6) is 0 Å². The number of rotatable bonds is 15. The highest BCUT2D eigenvalue weighted by Gasteiger charge is 2.69. The summed E-state index contributed by atoms with van der Waals surface area (Å²) in [6.07, 6.45) is 3.71. The van der Waals surface area contributed by atoms with Gasteiger partial charge >= 0.3 is 6.03 Å². The van der Waals surface area contributed by atoms with Crippen LogP contribution in [0.4, 0.5) is 4.79 Å². The van der Waals surface area contributed by atoms with E-state index in [-0.39, 0.29) is 41.8 Å². The summed E-state index contributed by atoms with van der Waals surface area (Å²) in [4.78, 5) is 69.7.